The smallest absolute Gasteiger partial charge is 0.274 e. The molecule has 15 heavy (non-hydrogen) atoms. The van der Waals surface area contributed by atoms with Gasteiger partial charge in [-0.2, -0.15) is 0 Å². The largest absolute Gasteiger partial charge is 0.280 e. The second-order valence-corrected chi connectivity index (χ2v) is 3.82. The van der Waals surface area contributed by atoms with Crippen molar-refractivity contribution in [3.63, 3.8) is 0 Å². The lowest BCUT2D eigenvalue weighted by atomic mass is 10.1. The van der Waals surface area contributed by atoms with Crippen LogP contribution >= 0.6 is 23.2 Å². The summed E-state index contributed by atoms with van der Waals surface area (Å²) in [6.45, 7) is 1.81. The van der Waals surface area contributed by atoms with Crippen molar-refractivity contribution in [2.24, 2.45) is 0 Å². The van der Waals surface area contributed by atoms with E-state index in [0.717, 1.165) is 10.6 Å². The zero-order valence-corrected chi connectivity index (χ0v) is 10.2. The summed E-state index contributed by atoms with van der Waals surface area (Å²) in [6.07, 6.45) is 0. The van der Waals surface area contributed by atoms with Crippen molar-refractivity contribution in [2.45, 2.75) is 6.92 Å². The molecule has 0 aliphatic rings. The highest BCUT2D eigenvalue weighted by molar-refractivity contribution is 6.40. The van der Waals surface area contributed by atoms with Gasteiger partial charge in [0, 0.05) is 7.05 Å². The van der Waals surface area contributed by atoms with Crippen molar-refractivity contribution >= 4 is 29.1 Å². The number of aryl methyl sites for hydroxylation is 1. The molecule has 82 valence electrons. The molecule has 0 heterocycles. The molecule has 0 saturated heterocycles. The number of amides is 1. The van der Waals surface area contributed by atoms with E-state index in [4.69, 9.17) is 28.0 Å². The standard InChI is InChI=1S/C10H11Cl2NO2/c1-6-4-5-7(11)8(9(6)12)10(14)13(2)15-3/h4-5H,1-3H3. The molecule has 0 spiro atoms. The van der Waals surface area contributed by atoms with Crippen LogP contribution < -0.4 is 0 Å². The molecule has 1 amide bonds. The normalized spacial score (nSPS) is 10.2. The Morgan fingerprint density at radius 2 is 2.00 bits per heavy atom. The topological polar surface area (TPSA) is 29.5 Å². The molecule has 0 fully saturated rings. The van der Waals surface area contributed by atoms with Crippen molar-refractivity contribution in [3.8, 4) is 0 Å². The Balaban J connectivity index is 3.24. The number of hydrogen-bond donors (Lipinski definition) is 0. The number of rotatable bonds is 2. The first-order valence-corrected chi connectivity index (χ1v) is 5.01. The van der Waals surface area contributed by atoms with E-state index >= 15 is 0 Å². The van der Waals surface area contributed by atoms with Gasteiger partial charge in [0.15, 0.2) is 0 Å². The molecule has 1 aromatic carbocycles. The molecule has 0 unspecified atom stereocenters. The summed E-state index contributed by atoms with van der Waals surface area (Å²) in [5.74, 6) is -0.365. The Morgan fingerprint density at radius 3 is 2.53 bits per heavy atom. The predicted molar refractivity (Wildman–Crippen MR) is 60.3 cm³/mol. The summed E-state index contributed by atoms with van der Waals surface area (Å²) in [4.78, 5) is 16.6. The molecule has 0 radical (unpaired) electrons. The number of halogens is 2. The molecule has 0 N–H and O–H groups in total. The first-order chi connectivity index (χ1) is 6.99. The van der Waals surface area contributed by atoms with Gasteiger partial charge in [0.05, 0.1) is 22.7 Å². The van der Waals surface area contributed by atoms with Gasteiger partial charge >= 0.3 is 0 Å². The number of hydroxylamine groups is 2. The number of benzene rings is 1. The van der Waals surface area contributed by atoms with Crippen molar-refractivity contribution < 1.29 is 9.63 Å². The average Bonchev–Trinajstić information content (AvgIpc) is 2.22. The number of hydrogen-bond acceptors (Lipinski definition) is 2. The van der Waals surface area contributed by atoms with E-state index in [1.165, 1.54) is 14.2 Å². The minimum Gasteiger partial charge on any atom is -0.274 e. The van der Waals surface area contributed by atoms with Crippen molar-refractivity contribution in [1.29, 1.82) is 0 Å². The van der Waals surface area contributed by atoms with E-state index in [1.54, 1.807) is 12.1 Å². The molecule has 0 bridgehead atoms. The highest BCUT2D eigenvalue weighted by Gasteiger charge is 2.19. The lowest BCUT2D eigenvalue weighted by Crippen LogP contribution is -2.26. The average molecular weight is 248 g/mol. The second-order valence-electron chi connectivity index (χ2n) is 3.04. The van der Waals surface area contributed by atoms with Crippen LogP contribution in [0.5, 0.6) is 0 Å². The third kappa shape index (κ3) is 2.43. The van der Waals surface area contributed by atoms with Crippen LogP contribution in [0.15, 0.2) is 12.1 Å². The highest BCUT2D eigenvalue weighted by atomic mass is 35.5. The Hall–Kier alpha value is -0.770. The molecule has 0 saturated carbocycles. The number of carbonyl (C=O) groups is 1. The van der Waals surface area contributed by atoms with Crippen LogP contribution in [0.1, 0.15) is 15.9 Å². The van der Waals surface area contributed by atoms with E-state index in [0.29, 0.717) is 10.0 Å². The van der Waals surface area contributed by atoms with Crippen molar-refractivity contribution in [2.75, 3.05) is 14.2 Å². The quantitative estimate of drug-likeness (QED) is 0.753. The summed E-state index contributed by atoms with van der Waals surface area (Å²) in [5, 5.41) is 1.75. The molecule has 1 rings (SSSR count). The maximum absolute atomic E-state index is 11.8. The molecule has 0 atom stereocenters. The van der Waals surface area contributed by atoms with E-state index in [1.807, 2.05) is 6.92 Å². The maximum Gasteiger partial charge on any atom is 0.280 e. The number of carbonyl (C=O) groups excluding carboxylic acids is 1. The van der Waals surface area contributed by atoms with Crippen LogP contribution in [0, 0.1) is 6.92 Å². The Kier molecular flexibility index (Phi) is 3.97. The molecule has 0 aromatic heterocycles. The highest BCUT2D eigenvalue weighted by Crippen LogP contribution is 2.28. The third-order valence-corrected chi connectivity index (χ3v) is 2.86. The second kappa shape index (κ2) is 4.84. The van der Waals surface area contributed by atoms with Crippen LogP contribution in [-0.2, 0) is 4.84 Å². The van der Waals surface area contributed by atoms with E-state index in [-0.39, 0.29) is 11.5 Å². The molecular weight excluding hydrogens is 237 g/mol. The van der Waals surface area contributed by atoms with Gasteiger partial charge in [-0.1, -0.05) is 29.3 Å². The van der Waals surface area contributed by atoms with Crippen LogP contribution in [-0.4, -0.2) is 25.1 Å². The van der Waals surface area contributed by atoms with Crippen molar-refractivity contribution in [1.82, 2.24) is 5.06 Å². The van der Waals surface area contributed by atoms with Gasteiger partial charge in [-0.3, -0.25) is 9.63 Å². The molecule has 1 aromatic rings. The minimum atomic E-state index is -0.365. The summed E-state index contributed by atoms with van der Waals surface area (Å²) in [5.41, 5.74) is 1.07. The number of nitrogens with zero attached hydrogens (tertiary/aromatic N) is 1. The SMILES string of the molecule is CON(C)C(=O)c1c(Cl)ccc(C)c1Cl. The van der Waals surface area contributed by atoms with Gasteiger partial charge in [-0.15, -0.1) is 0 Å². The van der Waals surface area contributed by atoms with Gasteiger partial charge in [0.1, 0.15) is 0 Å². The monoisotopic (exact) mass is 247 g/mol. The Morgan fingerprint density at radius 1 is 1.40 bits per heavy atom. The van der Waals surface area contributed by atoms with Crippen LogP contribution in [0.25, 0.3) is 0 Å². The van der Waals surface area contributed by atoms with E-state index in [9.17, 15) is 4.79 Å². The Labute approximate surface area is 98.5 Å². The maximum atomic E-state index is 11.8. The van der Waals surface area contributed by atoms with Gasteiger partial charge in [-0.05, 0) is 18.6 Å². The Bertz CT molecular complexity index is 393. The van der Waals surface area contributed by atoms with Crippen molar-refractivity contribution in [3.05, 3.63) is 33.3 Å². The van der Waals surface area contributed by atoms with Crippen LogP contribution in [0.3, 0.4) is 0 Å². The predicted octanol–water partition coefficient (Wildman–Crippen LogP) is 2.94. The fourth-order valence-electron chi connectivity index (χ4n) is 1.09. The fourth-order valence-corrected chi connectivity index (χ4v) is 1.63. The molecule has 0 aliphatic heterocycles. The lowest BCUT2D eigenvalue weighted by molar-refractivity contribution is -0.0756. The van der Waals surface area contributed by atoms with Crippen LogP contribution in [0.2, 0.25) is 10.0 Å². The first kappa shape index (κ1) is 12.3. The zero-order chi connectivity index (χ0) is 11.6. The molecule has 5 heteroatoms. The zero-order valence-electron chi connectivity index (χ0n) is 8.67. The summed E-state index contributed by atoms with van der Waals surface area (Å²) < 4.78 is 0. The van der Waals surface area contributed by atoms with E-state index in [2.05, 4.69) is 0 Å². The molecular formula is C10H11Cl2NO2. The summed E-state index contributed by atoms with van der Waals surface area (Å²) >= 11 is 11.9. The third-order valence-electron chi connectivity index (χ3n) is 2.06. The van der Waals surface area contributed by atoms with Gasteiger partial charge in [0.25, 0.3) is 5.91 Å². The van der Waals surface area contributed by atoms with Gasteiger partial charge in [0.2, 0.25) is 0 Å². The van der Waals surface area contributed by atoms with E-state index < -0.39 is 0 Å². The minimum absolute atomic E-state index is 0.266. The summed E-state index contributed by atoms with van der Waals surface area (Å²) in [7, 11) is 2.90. The van der Waals surface area contributed by atoms with Crippen LogP contribution in [0.4, 0.5) is 0 Å². The fraction of sp³-hybridized carbons (Fsp3) is 0.300. The first-order valence-electron chi connectivity index (χ1n) is 4.25. The van der Waals surface area contributed by atoms with Gasteiger partial charge < -0.3 is 0 Å². The van der Waals surface area contributed by atoms with Gasteiger partial charge in [-0.25, -0.2) is 5.06 Å². The summed E-state index contributed by atoms with van der Waals surface area (Å²) in [6, 6.07) is 3.40. The molecule has 3 nitrogen and oxygen atoms in total. The lowest BCUT2D eigenvalue weighted by Gasteiger charge is -2.16. The molecule has 0 aliphatic carbocycles.